The van der Waals surface area contributed by atoms with E-state index in [2.05, 4.69) is 4.98 Å². The van der Waals surface area contributed by atoms with Crippen molar-refractivity contribution in [3.63, 3.8) is 0 Å². The Morgan fingerprint density at radius 3 is 2.67 bits per heavy atom. The van der Waals surface area contributed by atoms with Crippen LogP contribution in [0.4, 0.5) is 0 Å². The molecule has 7 nitrogen and oxygen atoms in total. The van der Waals surface area contributed by atoms with E-state index < -0.39 is 30.5 Å². The number of rotatable bonds is 4. The minimum Gasteiger partial charge on any atom is -0.387 e. The molecule has 118 valence electrons. The number of hydrogen-bond acceptors (Lipinski definition) is 6. The van der Waals surface area contributed by atoms with Crippen LogP contribution in [0.15, 0.2) is 17.1 Å². The first kappa shape index (κ1) is 17.0. The van der Waals surface area contributed by atoms with E-state index in [1.807, 2.05) is 0 Å². The lowest BCUT2D eigenvalue weighted by Crippen LogP contribution is -2.32. The Labute approximate surface area is 129 Å². The second-order valence-electron chi connectivity index (χ2n) is 4.73. The molecule has 0 amide bonds. The monoisotopic (exact) mass is 357 g/mol. The highest BCUT2D eigenvalue weighted by Crippen LogP contribution is 2.57. The normalized spacial score (nSPS) is 29.8. The van der Waals surface area contributed by atoms with Crippen LogP contribution in [0.2, 0.25) is 0 Å². The molecule has 1 fully saturated rings. The van der Waals surface area contributed by atoms with Crippen LogP contribution in [0.1, 0.15) is 17.2 Å². The van der Waals surface area contributed by atoms with Crippen LogP contribution in [-0.4, -0.2) is 40.1 Å². The molecule has 1 aromatic heterocycles. The van der Waals surface area contributed by atoms with E-state index in [0.717, 1.165) is 0 Å². The van der Waals surface area contributed by atoms with E-state index in [1.54, 1.807) is 13.0 Å². The highest BCUT2D eigenvalue weighted by molar-refractivity contribution is 8.05. The number of aromatic nitrogens is 1. The lowest BCUT2D eigenvalue weighted by atomic mass is 10.0. The number of aryl methyl sites for hydroxylation is 1. The molecule has 2 rings (SSSR count). The van der Waals surface area contributed by atoms with Gasteiger partial charge in [-0.2, -0.15) is 0 Å². The highest BCUT2D eigenvalue weighted by atomic mass is 35.9. The summed E-state index contributed by atoms with van der Waals surface area (Å²) in [6, 6.07) is 1.55. The third-order valence-electron chi connectivity index (χ3n) is 3.19. The van der Waals surface area contributed by atoms with Gasteiger partial charge in [-0.3, -0.25) is 9.36 Å². The van der Waals surface area contributed by atoms with Crippen LogP contribution in [0.25, 0.3) is 0 Å². The Kier molecular flexibility index (Phi) is 5.15. The van der Waals surface area contributed by atoms with E-state index in [4.69, 9.17) is 31.7 Å². The van der Waals surface area contributed by atoms with Gasteiger partial charge in [0.1, 0.15) is 24.4 Å². The van der Waals surface area contributed by atoms with Gasteiger partial charge in [-0.25, -0.2) is 0 Å². The van der Waals surface area contributed by atoms with Gasteiger partial charge >= 0.3 is 6.07 Å². The fourth-order valence-electron chi connectivity index (χ4n) is 2.11. The van der Waals surface area contributed by atoms with Crippen molar-refractivity contribution < 1.29 is 24.0 Å². The number of hydrogen-bond donors (Lipinski definition) is 3. The number of aliphatic hydroxyl groups excluding tert-OH is 2. The summed E-state index contributed by atoms with van der Waals surface area (Å²) in [6.45, 7) is 1.28. The molecule has 0 spiro atoms. The molecule has 4 atom stereocenters. The zero-order chi connectivity index (χ0) is 15.8. The van der Waals surface area contributed by atoms with E-state index in [1.165, 1.54) is 6.20 Å². The van der Waals surface area contributed by atoms with Crippen LogP contribution < -0.4 is 5.56 Å². The largest absolute Gasteiger partial charge is 0.387 e. The van der Waals surface area contributed by atoms with E-state index in [-0.39, 0.29) is 12.2 Å². The van der Waals surface area contributed by atoms with E-state index >= 15 is 0 Å². The van der Waals surface area contributed by atoms with Crippen molar-refractivity contribution in [3.05, 3.63) is 33.7 Å². The van der Waals surface area contributed by atoms with Gasteiger partial charge in [-0.1, -0.05) is 0 Å². The first-order valence-electron chi connectivity index (χ1n) is 6.04. The summed E-state index contributed by atoms with van der Waals surface area (Å²) in [5.74, 6) is 0. The maximum absolute atomic E-state index is 11.3. The average Bonchev–Trinajstić information content (AvgIpc) is 2.67. The zero-order valence-electron chi connectivity index (χ0n) is 10.9. The molecule has 0 radical (unpaired) electrons. The summed E-state index contributed by atoms with van der Waals surface area (Å²) < 4.78 is 21.2. The standard InChI is InChI=1S/C11H14Cl2NO6P/c1-5-2-6(3-14-11(5)17)10-9(16)8(15)7(20-10)4-19-21(12,13)18/h2-3,7-10,15-16H,4H2,1H3,(H,14,17)/t7-,8?,9?,10+/m1/s1. The maximum Gasteiger partial charge on any atom is 0.380 e. The van der Waals surface area contributed by atoms with Crippen LogP contribution in [0, 0.1) is 6.92 Å². The summed E-state index contributed by atoms with van der Waals surface area (Å²) in [7, 11) is 0. The lowest BCUT2D eigenvalue weighted by Gasteiger charge is -2.15. The third kappa shape index (κ3) is 4.07. The molecule has 10 heteroatoms. The van der Waals surface area contributed by atoms with Crippen molar-refractivity contribution in [3.8, 4) is 0 Å². The molecule has 21 heavy (non-hydrogen) atoms. The summed E-state index contributed by atoms with van der Waals surface area (Å²) in [4.78, 5) is 13.8. The fraction of sp³-hybridized carbons (Fsp3) is 0.545. The Morgan fingerprint density at radius 1 is 1.43 bits per heavy atom. The first-order chi connectivity index (χ1) is 9.69. The SMILES string of the molecule is Cc1cc([C@@H]2O[C@H](COP(=O)(Cl)Cl)C(O)C2O)c[nH]c1=O. The fourth-order valence-corrected chi connectivity index (χ4v) is 2.76. The number of ether oxygens (including phenoxy) is 1. The first-order valence-corrected chi connectivity index (χ1v) is 9.47. The number of H-pyrrole nitrogens is 1. The van der Waals surface area contributed by atoms with Crippen molar-refractivity contribution in [2.45, 2.75) is 31.3 Å². The summed E-state index contributed by atoms with van der Waals surface area (Å²) in [5, 5.41) is 19.9. The number of halogens is 2. The number of aromatic amines is 1. The Bertz CT molecular complexity index is 617. The molecule has 0 bridgehead atoms. The van der Waals surface area contributed by atoms with Gasteiger partial charge in [-0.05, 0) is 35.5 Å². The van der Waals surface area contributed by atoms with Gasteiger partial charge in [0.2, 0.25) is 0 Å². The quantitative estimate of drug-likeness (QED) is 0.703. The smallest absolute Gasteiger partial charge is 0.380 e. The predicted molar refractivity (Wildman–Crippen MR) is 76.7 cm³/mol. The summed E-state index contributed by atoms with van der Waals surface area (Å²) >= 11 is 10.5. The van der Waals surface area contributed by atoms with Crippen molar-refractivity contribution in [1.82, 2.24) is 4.98 Å². The molecule has 2 heterocycles. The van der Waals surface area contributed by atoms with Gasteiger partial charge in [0.05, 0.1) is 6.61 Å². The van der Waals surface area contributed by atoms with Gasteiger partial charge in [0, 0.05) is 17.3 Å². The Morgan fingerprint density at radius 2 is 2.10 bits per heavy atom. The van der Waals surface area contributed by atoms with Crippen molar-refractivity contribution in [2.75, 3.05) is 6.61 Å². The van der Waals surface area contributed by atoms with Crippen LogP contribution in [0.5, 0.6) is 0 Å². The molecular formula is C11H14Cl2NO6P. The van der Waals surface area contributed by atoms with Gasteiger partial charge in [-0.15, -0.1) is 0 Å². The summed E-state index contributed by atoms with van der Waals surface area (Å²) in [5.41, 5.74) is 0.696. The van der Waals surface area contributed by atoms with Crippen molar-refractivity contribution >= 4 is 28.6 Å². The second kappa shape index (κ2) is 6.38. The summed E-state index contributed by atoms with van der Waals surface area (Å²) in [6.07, 6.45) is -6.63. The molecule has 0 aromatic carbocycles. The molecule has 0 aliphatic carbocycles. The molecule has 0 saturated carbocycles. The predicted octanol–water partition coefficient (Wildman–Crippen LogP) is 1.45. The number of pyridine rings is 1. The average molecular weight is 358 g/mol. The number of aliphatic hydroxyl groups is 2. The lowest BCUT2D eigenvalue weighted by molar-refractivity contribution is -0.0153. The minimum absolute atomic E-state index is 0.253. The van der Waals surface area contributed by atoms with Crippen molar-refractivity contribution in [2.24, 2.45) is 0 Å². The molecule has 1 saturated heterocycles. The molecule has 3 N–H and O–H groups in total. The molecule has 1 aliphatic rings. The topological polar surface area (TPSA) is 109 Å². The van der Waals surface area contributed by atoms with Crippen LogP contribution in [0.3, 0.4) is 0 Å². The Hall–Kier alpha value is -0.400. The van der Waals surface area contributed by atoms with E-state index in [9.17, 15) is 19.6 Å². The molecule has 1 aliphatic heterocycles. The van der Waals surface area contributed by atoms with Gasteiger partial charge in [0.15, 0.2) is 0 Å². The third-order valence-corrected chi connectivity index (χ3v) is 4.23. The molecular weight excluding hydrogens is 344 g/mol. The van der Waals surface area contributed by atoms with Crippen molar-refractivity contribution in [1.29, 1.82) is 0 Å². The second-order valence-corrected chi connectivity index (χ2v) is 9.01. The Balaban J connectivity index is 2.13. The molecule has 1 aromatic rings. The zero-order valence-corrected chi connectivity index (χ0v) is 13.3. The maximum atomic E-state index is 11.3. The molecule has 2 unspecified atom stereocenters. The highest BCUT2D eigenvalue weighted by Gasteiger charge is 2.44. The van der Waals surface area contributed by atoms with E-state index in [0.29, 0.717) is 11.1 Å². The van der Waals surface area contributed by atoms with Gasteiger partial charge in [0.25, 0.3) is 5.56 Å². The minimum atomic E-state index is -3.75. The number of nitrogens with one attached hydrogen (secondary N) is 1. The van der Waals surface area contributed by atoms with Crippen LogP contribution in [-0.2, 0) is 13.8 Å². The van der Waals surface area contributed by atoms with Crippen LogP contribution >= 0.6 is 28.6 Å². The van der Waals surface area contributed by atoms with Gasteiger partial charge < -0.3 is 24.5 Å².